The van der Waals surface area contributed by atoms with Crippen molar-refractivity contribution < 1.29 is 19.0 Å². The zero-order valence-corrected chi connectivity index (χ0v) is 19.7. The van der Waals surface area contributed by atoms with E-state index in [0.717, 1.165) is 62.7 Å². The Morgan fingerprint density at radius 2 is 1.64 bits per heavy atom. The van der Waals surface area contributed by atoms with Gasteiger partial charge in [0.2, 0.25) is 0 Å². The summed E-state index contributed by atoms with van der Waals surface area (Å²) in [5, 5.41) is 6.62. The van der Waals surface area contributed by atoms with E-state index in [4.69, 9.17) is 9.47 Å². The van der Waals surface area contributed by atoms with Gasteiger partial charge in [-0.2, -0.15) is 0 Å². The third kappa shape index (κ3) is 10.6. The number of benzene rings is 1. The summed E-state index contributed by atoms with van der Waals surface area (Å²) >= 11 is 0. The van der Waals surface area contributed by atoms with Crippen molar-refractivity contribution in [2.45, 2.75) is 38.5 Å². The number of guanidine groups is 1. The van der Waals surface area contributed by atoms with E-state index in [1.165, 1.54) is 12.7 Å². The van der Waals surface area contributed by atoms with Gasteiger partial charge in [0.25, 0.3) is 0 Å². The van der Waals surface area contributed by atoms with Crippen LogP contribution in [-0.4, -0.2) is 53.4 Å². The average molecular weight is 507 g/mol. The first-order valence-corrected chi connectivity index (χ1v) is 9.36. The molecule has 0 amide bonds. The standard InChI is InChI=1S/C20H33N3O4.HI/c1-21-20(22-13-8-6-5-7-9-19(24)27-4)23-14-12-16-10-11-17(25-2)18(15-16)26-3;/h10-11,15H,5-9,12-14H2,1-4H3,(H2,21,22,23);1H. The Bertz CT molecular complexity index is 597. The SMILES string of the molecule is CN=C(NCCCCCCC(=O)OC)NCCc1ccc(OC)c(OC)c1.I. The van der Waals surface area contributed by atoms with E-state index in [1.807, 2.05) is 18.2 Å². The summed E-state index contributed by atoms with van der Waals surface area (Å²) in [7, 11) is 6.47. The molecule has 1 rings (SSSR count). The van der Waals surface area contributed by atoms with Crippen molar-refractivity contribution in [1.29, 1.82) is 0 Å². The number of halogens is 1. The maximum atomic E-state index is 11.0. The van der Waals surface area contributed by atoms with Crippen molar-refractivity contribution in [3.63, 3.8) is 0 Å². The van der Waals surface area contributed by atoms with Crippen molar-refractivity contribution in [3.05, 3.63) is 23.8 Å². The molecule has 0 fully saturated rings. The van der Waals surface area contributed by atoms with Crippen molar-refractivity contribution >= 4 is 35.9 Å². The van der Waals surface area contributed by atoms with Crippen LogP contribution < -0.4 is 20.1 Å². The van der Waals surface area contributed by atoms with E-state index in [-0.39, 0.29) is 29.9 Å². The fourth-order valence-electron chi connectivity index (χ4n) is 2.64. The topological polar surface area (TPSA) is 81.2 Å². The van der Waals surface area contributed by atoms with Gasteiger partial charge in [-0.25, -0.2) is 0 Å². The molecule has 0 saturated carbocycles. The largest absolute Gasteiger partial charge is 0.493 e. The highest BCUT2D eigenvalue weighted by Crippen LogP contribution is 2.27. The van der Waals surface area contributed by atoms with Crippen LogP contribution in [-0.2, 0) is 16.0 Å². The van der Waals surface area contributed by atoms with Crippen LogP contribution in [0.5, 0.6) is 11.5 Å². The summed E-state index contributed by atoms with van der Waals surface area (Å²) in [4.78, 5) is 15.3. The van der Waals surface area contributed by atoms with Crippen LogP contribution >= 0.6 is 24.0 Å². The molecule has 0 unspecified atom stereocenters. The molecule has 0 aliphatic rings. The summed E-state index contributed by atoms with van der Waals surface area (Å²) < 4.78 is 15.2. The van der Waals surface area contributed by atoms with Gasteiger partial charge < -0.3 is 24.8 Å². The Balaban J connectivity index is 0.00000729. The van der Waals surface area contributed by atoms with Crippen molar-refractivity contribution in [3.8, 4) is 11.5 Å². The molecule has 8 heteroatoms. The number of carbonyl (C=O) groups excluding carboxylic acids is 1. The van der Waals surface area contributed by atoms with Gasteiger partial charge in [0.1, 0.15) is 0 Å². The number of rotatable bonds is 12. The monoisotopic (exact) mass is 507 g/mol. The number of carbonyl (C=O) groups is 1. The highest BCUT2D eigenvalue weighted by molar-refractivity contribution is 14.0. The lowest BCUT2D eigenvalue weighted by molar-refractivity contribution is -0.140. The molecule has 7 nitrogen and oxygen atoms in total. The average Bonchev–Trinajstić information content (AvgIpc) is 2.71. The number of ether oxygens (including phenoxy) is 3. The summed E-state index contributed by atoms with van der Waals surface area (Å²) in [6, 6.07) is 5.94. The molecule has 0 saturated heterocycles. The Morgan fingerprint density at radius 3 is 2.29 bits per heavy atom. The predicted octanol–water partition coefficient (Wildman–Crippen LogP) is 3.15. The third-order valence-electron chi connectivity index (χ3n) is 4.21. The smallest absolute Gasteiger partial charge is 0.305 e. The Kier molecular flexibility index (Phi) is 15.3. The summed E-state index contributed by atoms with van der Waals surface area (Å²) in [5.41, 5.74) is 1.17. The molecule has 0 bridgehead atoms. The number of hydrogen-bond donors (Lipinski definition) is 2. The lowest BCUT2D eigenvalue weighted by Crippen LogP contribution is -2.38. The predicted molar refractivity (Wildman–Crippen MR) is 123 cm³/mol. The van der Waals surface area contributed by atoms with Crippen molar-refractivity contribution in [2.75, 3.05) is 41.5 Å². The van der Waals surface area contributed by atoms with Crippen LogP contribution in [0.1, 0.15) is 37.7 Å². The molecule has 0 atom stereocenters. The fraction of sp³-hybridized carbons (Fsp3) is 0.600. The van der Waals surface area contributed by atoms with E-state index in [2.05, 4.69) is 20.4 Å². The van der Waals surface area contributed by atoms with Gasteiger partial charge in [0, 0.05) is 26.6 Å². The second kappa shape index (κ2) is 16.3. The number of nitrogens with zero attached hydrogens (tertiary/aromatic N) is 1. The highest BCUT2D eigenvalue weighted by Gasteiger charge is 2.05. The lowest BCUT2D eigenvalue weighted by Gasteiger charge is -2.13. The summed E-state index contributed by atoms with van der Waals surface area (Å²) in [6.07, 6.45) is 5.38. The first-order valence-electron chi connectivity index (χ1n) is 9.36. The van der Waals surface area contributed by atoms with Gasteiger partial charge in [-0.05, 0) is 37.0 Å². The molecule has 0 aromatic heterocycles. The van der Waals surface area contributed by atoms with Gasteiger partial charge in [0.05, 0.1) is 21.3 Å². The minimum absolute atomic E-state index is 0. The molecule has 0 radical (unpaired) electrons. The second-order valence-electron chi connectivity index (χ2n) is 6.11. The summed E-state index contributed by atoms with van der Waals surface area (Å²) in [6.45, 7) is 1.63. The maximum Gasteiger partial charge on any atom is 0.305 e. The molecule has 160 valence electrons. The van der Waals surface area contributed by atoms with Crippen LogP contribution in [0.4, 0.5) is 0 Å². The molecular weight excluding hydrogens is 473 g/mol. The molecule has 0 aliphatic heterocycles. The zero-order chi connectivity index (χ0) is 19.9. The zero-order valence-electron chi connectivity index (χ0n) is 17.4. The minimum atomic E-state index is -0.132. The molecular formula is C20H34IN3O4. The molecule has 0 spiro atoms. The lowest BCUT2D eigenvalue weighted by atomic mass is 10.1. The normalized spacial score (nSPS) is 10.6. The van der Waals surface area contributed by atoms with Crippen LogP contribution in [0.15, 0.2) is 23.2 Å². The quantitative estimate of drug-likeness (QED) is 0.149. The van der Waals surface area contributed by atoms with Gasteiger partial charge in [-0.3, -0.25) is 9.79 Å². The number of hydrogen-bond acceptors (Lipinski definition) is 5. The van der Waals surface area contributed by atoms with Crippen molar-refractivity contribution in [2.24, 2.45) is 4.99 Å². The summed E-state index contributed by atoms with van der Waals surface area (Å²) in [5.74, 6) is 2.14. The Hall–Kier alpha value is -1.71. The Morgan fingerprint density at radius 1 is 0.964 bits per heavy atom. The molecule has 0 heterocycles. The first-order chi connectivity index (χ1) is 13.1. The fourth-order valence-corrected chi connectivity index (χ4v) is 2.64. The van der Waals surface area contributed by atoms with Crippen LogP contribution in [0, 0.1) is 0 Å². The van der Waals surface area contributed by atoms with E-state index in [1.54, 1.807) is 21.3 Å². The molecule has 0 aliphatic carbocycles. The van der Waals surface area contributed by atoms with E-state index in [9.17, 15) is 4.79 Å². The number of methoxy groups -OCH3 is 3. The first kappa shape index (κ1) is 26.3. The highest BCUT2D eigenvalue weighted by atomic mass is 127. The van der Waals surface area contributed by atoms with E-state index < -0.39 is 0 Å². The number of esters is 1. The minimum Gasteiger partial charge on any atom is -0.493 e. The van der Waals surface area contributed by atoms with Crippen LogP contribution in [0.3, 0.4) is 0 Å². The Labute approximate surface area is 185 Å². The maximum absolute atomic E-state index is 11.0. The van der Waals surface area contributed by atoms with Crippen LogP contribution in [0.25, 0.3) is 0 Å². The van der Waals surface area contributed by atoms with E-state index in [0.29, 0.717) is 6.42 Å². The van der Waals surface area contributed by atoms with E-state index >= 15 is 0 Å². The van der Waals surface area contributed by atoms with Gasteiger partial charge >= 0.3 is 5.97 Å². The number of aliphatic imine (C=N–C) groups is 1. The molecule has 2 N–H and O–H groups in total. The van der Waals surface area contributed by atoms with Crippen molar-refractivity contribution in [1.82, 2.24) is 10.6 Å². The molecule has 1 aromatic carbocycles. The third-order valence-corrected chi connectivity index (χ3v) is 4.21. The number of unbranched alkanes of at least 4 members (excludes halogenated alkanes) is 3. The second-order valence-corrected chi connectivity index (χ2v) is 6.11. The van der Waals surface area contributed by atoms with Crippen LogP contribution in [0.2, 0.25) is 0 Å². The van der Waals surface area contributed by atoms with Gasteiger partial charge in [-0.15, -0.1) is 24.0 Å². The molecule has 1 aromatic rings. The molecule has 28 heavy (non-hydrogen) atoms. The van der Waals surface area contributed by atoms with Gasteiger partial charge in [-0.1, -0.05) is 18.9 Å². The van der Waals surface area contributed by atoms with Gasteiger partial charge in [0.15, 0.2) is 17.5 Å². The number of nitrogens with one attached hydrogen (secondary N) is 2.